The lowest BCUT2D eigenvalue weighted by molar-refractivity contribution is -0.196. The van der Waals surface area contributed by atoms with Gasteiger partial charge in [-0.1, -0.05) is 97.4 Å². The van der Waals surface area contributed by atoms with Crippen LogP contribution in [0.5, 0.6) is 0 Å². The Hall–Kier alpha value is -7.19. The van der Waals surface area contributed by atoms with Gasteiger partial charge >= 0.3 is 18.2 Å². The Morgan fingerprint density at radius 2 is 1.53 bits per heavy atom. The Bertz CT molecular complexity index is 2630. The number of hydroxylamine groups is 2. The monoisotopic (exact) mass is 1190 g/mol. The largest absolute Gasteiger partial charge is 0.445 e. The number of amides is 8. The van der Waals surface area contributed by atoms with Crippen molar-refractivity contribution in [2.75, 3.05) is 72.0 Å². The maximum Gasteiger partial charge on any atom is 0.412 e. The van der Waals surface area contributed by atoms with Crippen LogP contribution in [0.3, 0.4) is 0 Å². The molecule has 0 aliphatic carbocycles. The van der Waals surface area contributed by atoms with Crippen molar-refractivity contribution >= 4 is 65.0 Å². The highest BCUT2D eigenvalue weighted by Crippen LogP contribution is 2.31. The van der Waals surface area contributed by atoms with E-state index in [9.17, 15) is 48.3 Å². The highest BCUT2D eigenvalue weighted by molar-refractivity contribution is 6.02. The van der Waals surface area contributed by atoms with E-state index in [4.69, 9.17) is 33.3 Å². The molecule has 2 saturated heterocycles. The number of rotatable bonds is 28. The van der Waals surface area contributed by atoms with Crippen LogP contribution < -0.4 is 21.3 Å². The molecule has 5 rings (SSSR count). The molecular formula is C60H88N8O17. The van der Waals surface area contributed by atoms with Gasteiger partial charge in [-0.15, -0.1) is 5.06 Å². The molecule has 0 saturated carbocycles. The summed E-state index contributed by atoms with van der Waals surface area (Å²) >= 11 is 0. The summed E-state index contributed by atoms with van der Waals surface area (Å²) in [7, 11) is 6.02. The Labute approximate surface area is 498 Å². The lowest BCUT2D eigenvalue weighted by atomic mass is 9.89. The molecule has 85 heavy (non-hydrogen) atoms. The number of carbonyl (C=O) groups excluding carboxylic acids is 9. The minimum absolute atomic E-state index is 0.00685. The molecule has 25 nitrogen and oxygen atoms in total. The van der Waals surface area contributed by atoms with E-state index in [-0.39, 0.29) is 75.0 Å². The first-order chi connectivity index (χ1) is 40.4. The number of hydrogen-bond acceptors (Lipinski definition) is 18. The van der Waals surface area contributed by atoms with Crippen molar-refractivity contribution in [2.24, 2.45) is 23.7 Å². The Kier molecular flexibility index (Phi) is 26.6. The summed E-state index contributed by atoms with van der Waals surface area (Å²) in [6.07, 6.45) is -0.0698. The molecule has 5 N–H and O–H groups in total. The van der Waals surface area contributed by atoms with Crippen molar-refractivity contribution in [3.8, 4) is 0 Å². The third-order valence-electron chi connectivity index (χ3n) is 15.7. The summed E-state index contributed by atoms with van der Waals surface area (Å²) in [5.41, 5.74) is 1.30. The van der Waals surface area contributed by atoms with Crippen LogP contribution in [-0.2, 0) is 73.4 Å². The van der Waals surface area contributed by atoms with Gasteiger partial charge in [0.1, 0.15) is 38.1 Å². The zero-order chi connectivity index (χ0) is 62.7. The summed E-state index contributed by atoms with van der Waals surface area (Å²) < 4.78 is 33.8. The quantitative estimate of drug-likeness (QED) is 0.0548. The fourth-order valence-electron chi connectivity index (χ4n) is 10.8. The highest BCUT2D eigenvalue weighted by atomic mass is 16.7. The second-order valence-corrected chi connectivity index (χ2v) is 22.5. The molecule has 0 aromatic heterocycles. The summed E-state index contributed by atoms with van der Waals surface area (Å²) in [4.78, 5) is 131. The van der Waals surface area contributed by atoms with Gasteiger partial charge in [0, 0.05) is 47.7 Å². The first kappa shape index (κ1) is 68.6. The number of aliphatic hydroxyl groups is 1. The number of anilines is 2. The van der Waals surface area contributed by atoms with Crippen LogP contribution in [0, 0.1) is 23.7 Å². The SMILES string of the molecule is CC[C@H](C)[C@@H]([C@@H](CC(=O)N1CCC[C@H]1[C@H](OC)[C@@H](C)C(=O)N[C@H](C)[C@@H](O)c1ccccc1)OC)N(C)C(=O)[C@@H](NC(=O)[C@H](C(C)C)N(C)C(=O)OCc1ccc(NC(=O)OC2/C=C/COCOC2)c(NCC(=O)ON2C(=O)CCC2=O)c1)C(C)C. The predicted octanol–water partition coefficient (Wildman–Crippen LogP) is 5.08. The molecule has 3 aliphatic heterocycles. The van der Waals surface area contributed by atoms with Gasteiger partial charge in [0.2, 0.25) is 23.6 Å². The van der Waals surface area contributed by atoms with Gasteiger partial charge in [0.15, 0.2) is 0 Å². The normalized spacial score (nSPS) is 19.8. The number of carbonyl (C=O) groups is 9. The van der Waals surface area contributed by atoms with E-state index < -0.39 is 121 Å². The average Bonchev–Trinajstić information content (AvgIpc) is 4.29. The number of nitrogens with zero attached hydrogens (tertiary/aromatic N) is 4. The van der Waals surface area contributed by atoms with E-state index in [1.165, 1.54) is 44.4 Å². The van der Waals surface area contributed by atoms with Gasteiger partial charge in [0.25, 0.3) is 11.8 Å². The molecule has 3 heterocycles. The fraction of sp³-hybridized carbons (Fsp3) is 0.617. The zero-order valence-electron chi connectivity index (χ0n) is 51.0. The number of nitrogens with one attached hydrogen (secondary N) is 4. The second-order valence-electron chi connectivity index (χ2n) is 22.5. The molecule has 0 bridgehead atoms. The zero-order valence-corrected chi connectivity index (χ0v) is 51.0. The standard InChI is InChI=1S/C60H88N8O17/c1-13-37(6)53(46(79-11)30-49(71)67-27-17-22-45(67)55(80-12)38(7)56(74)62-39(8)54(73)41-19-15-14-16-20-41)65(9)58(76)51(35(2)3)64-57(75)52(36(4)5)66(10)60(78)83-32-40-23-24-43(63-59(77)84-42-21-18-28-81-34-82-33-42)44(29-40)61-31-50(72)85-68-47(69)25-26-48(68)70/h14-16,18-21,23-24,29,35-39,42,45-46,51-55,61,73H,13,17,22,25-28,30-34H2,1-12H3,(H,62,74)(H,63,77)(H,64,75)/b21-18+/t37-,38+,39+,42?,45-,46+,51-,52-,53-,54+,55+/m0/s1. The fourth-order valence-corrected chi connectivity index (χ4v) is 10.8. The summed E-state index contributed by atoms with van der Waals surface area (Å²) in [5.74, 6) is -5.77. The van der Waals surface area contributed by atoms with Gasteiger partial charge < -0.3 is 64.1 Å². The van der Waals surface area contributed by atoms with E-state index in [0.717, 1.165) is 4.90 Å². The smallest absolute Gasteiger partial charge is 0.412 e. The van der Waals surface area contributed by atoms with E-state index in [1.54, 1.807) is 77.8 Å². The number of likely N-dealkylation sites (N-methyl/N-ethyl adjacent to an activating group) is 2. The number of aliphatic hydroxyl groups excluding tert-OH is 1. The number of hydrogen-bond donors (Lipinski definition) is 5. The number of likely N-dealkylation sites (tertiary alicyclic amines) is 1. The van der Waals surface area contributed by atoms with Crippen LogP contribution in [0.15, 0.2) is 60.7 Å². The van der Waals surface area contributed by atoms with Crippen molar-refractivity contribution in [2.45, 2.75) is 155 Å². The maximum atomic E-state index is 14.8. The van der Waals surface area contributed by atoms with Crippen LogP contribution in [-0.4, -0.2) is 188 Å². The molecule has 25 heteroatoms. The Morgan fingerprint density at radius 3 is 2.16 bits per heavy atom. The lowest BCUT2D eigenvalue weighted by Gasteiger charge is -2.41. The Balaban J connectivity index is 1.25. The first-order valence-electron chi connectivity index (χ1n) is 29.0. The molecule has 0 spiro atoms. The molecule has 3 aliphatic rings. The molecule has 8 amide bonds. The number of ether oxygens (including phenoxy) is 6. The average molecular weight is 1190 g/mol. The first-order valence-corrected chi connectivity index (χ1v) is 29.0. The van der Waals surface area contributed by atoms with Gasteiger partial charge in [-0.2, -0.15) is 0 Å². The number of benzene rings is 2. The van der Waals surface area contributed by atoms with E-state index in [1.807, 2.05) is 32.0 Å². The van der Waals surface area contributed by atoms with Crippen molar-refractivity contribution in [3.63, 3.8) is 0 Å². The molecule has 2 fully saturated rings. The van der Waals surface area contributed by atoms with Crippen LogP contribution in [0.4, 0.5) is 21.0 Å². The predicted molar refractivity (Wildman–Crippen MR) is 310 cm³/mol. The number of methoxy groups -OCH3 is 2. The highest BCUT2D eigenvalue weighted by Gasteiger charge is 2.44. The van der Waals surface area contributed by atoms with Crippen molar-refractivity contribution < 1.29 is 81.5 Å². The second kappa shape index (κ2) is 32.9. The van der Waals surface area contributed by atoms with Crippen LogP contribution in [0.25, 0.3) is 0 Å². The van der Waals surface area contributed by atoms with E-state index in [2.05, 4.69) is 21.3 Å². The van der Waals surface area contributed by atoms with E-state index in [0.29, 0.717) is 42.0 Å². The van der Waals surface area contributed by atoms with Gasteiger partial charge in [-0.25, -0.2) is 14.4 Å². The molecule has 2 aromatic carbocycles. The third-order valence-corrected chi connectivity index (χ3v) is 15.7. The molecular weight excluding hydrogens is 1100 g/mol. The summed E-state index contributed by atoms with van der Waals surface area (Å²) in [5, 5.41) is 22.6. The molecule has 2 aromatic rings. The molecule has 470 valence electrons. The number of imide groups is 1. The maximum absolute atomic E-state index is 14.8. The topological polar surface area (TPSA) is 300 Å². The minimum atomic E-state index is -1.13. The molecule has 1 unspecified atom stereocenters. The van der Waals surface area contributed by atoms with Crippen molar-refractivity contribution in [1.29, 1.82) is 0 Å². The van der Waals surface area contributed by atoms with Crippen molar-refractivity contribution in [1.82, 2.24) is 30.4 Å². The molecule has 11 atom stereocenters. The van der Waals surface area contributed by atoms with Gasteiger partial charge in [0.05, 0.1) is 73.4 Å². The van der Waals surface area contributed by atoms with Crippen LogP contribution in [0.1, 0.15) is 111 Å². The van der Waals surface area contributed by atoms with Gasteiger partial charge in [-0.3, -0.25) is 39.0 Å². The Morgan fingerprint density at radius 1 is 0.835 bits per heavy atom. The van der Waals surface area contributed by atoms with Crippen LogP contribution in [0.2, 0.25) is 0 Å². The van der Waals surface area contributed by atoms with E-state index >= 15 is 0 Å². The van der Waals surface area contributed by atoms with Gasteiger partial charge in [-0.05, 0) is 66.9 Å². The van der Waals surface area contributed by atoms with Crippen LogP contribution >= 0.6 is 0 Å². The lowest BCUT2D eigenvalue weighted by Crippen LogP contribution is -2.60. The summed E-state index contributed by atoms with van der Waals surface area (Å²) in [6, 6.07) is 9.61. The van der Waals surface area contributed by atoms with Crippen molar-refractivity contribution in [3.05, 3.63) is 71.8 Å². The minimum Gasteiger partial charge on any atom is -0.445 e. The third kappa shape index (κ3) is 18.9. The molecule has 0 radical (unpaired) electrons. The summed E-state index contributed by atoms with van der Waals surface area (Å²) in [6.45, 7) is 14.2.